The van der Waals surface area contributed by atoms with Gasteiger partial charge in [0.25, 0.3) is 5.91 Å². The molecule has 0 radical (unpaired) electrons. The lowest BCUT2D eigenvalue weighted by Gasteiger charge is -2.16. The van der Waals surface area contributed by atoms with Gasteiger partial charge in [-0.2, -0.15) is 9.97 Å². The molecule has 13 nitrogen and oxygen atoms in total. The molecule has 1 amide bonds. The predicted octanol–water partition coefficient (Wildman–Crippen LogP) is -3.16. The standard InChI is InChI=1S/C23H29N7O6.ClH/c1-2-25-21(35)18-16(33)17(34)22(36-18)30-11-27-15-19(24)28-23(29-20(15)30)26-10-9-13-5-3-12(4-6-13)7-8-14(31)32;/h3-6,11,16-18,22,33-34H,2,7-10H2,1H3,(H,25,35)(H,31,32)(H3,24,26,28,29);1H/p-1/t16-,17?,18+,22-;/m1./s1. The van der Waals surface area contributed by atoms with E-state index in [-0.39, 0.29) is 36.2 Å². The molecule has 3 heterocycles. The number of nitrogens with zero attached hydrogens (tertiary/aromatic N) is 4. The number of nitrogens with two attached hydrogens (primary N) is 1. The van der Waals surface area contributed by atoms with Crippen LogP contribution in [-0.2, 0) is 27.2 Å². The van der Waals surface area contributed by atoms with E-state index in [4.69, 9.17) is 15.6 Å². The molecule has 0 aliphatic carbocycles. The SMILES string of the molecule is CCNC(=O)[C@H]1O[C@@H](n2cnc3c(N)nc(NCCc4ccc(CCC(=O)O)cc4)nc32)C(O)[C@H]1O.[Cl-]. The molecule has 14 heteroatoms. The molecule has 37 heavy (non-hydrogen) atoms. The average molecular weight is 535 g/mol. The number of carbonyl (C=O) groups excluding carboxylic acids is 1. The number of anilines is 2. The molecule has 1 fully saturated rings. The minimum absolute atomic E-state index is 0. The number of carboxylic acids is 1. The van der Waals surface area contributed by atoms with Crippen molar-refractivity contribution in [1.29, 1.82) is 0 Å². The number of benzene rings is 1. The first-order valence-electron chi connectivity index (χ1n) is 11.6. The van der Waals surface area contributed by atoms with Crippen molar-refractivity contribution in [3.63, 3.8) is 0 Å². The van der Waals surface area contributed by atoms with Crippen molar-refractivity contribution in [2.75, 3.05) is 24.1 Å². The summed E-state index contributed by atoms with van der Waals surface area (Å²) in [6.45, 7) is 2.59. The van der Waals surface area contributed by atoms with Crippen molar-refractivity contribution in [2.24, 2.45) is 0 Å². The second-order valence-corrected chi connectivity index (χ2v) is 8.47. The van der Waals surface area contributed by atoms with Crippen LogP contribution in [0.25, 0.3) is 11.2 Å². The Balaban J connectivity index is 0.00000380. The third kappa shape index (κ3) is 6.25. The molecule has 1 saturated heterocycles. The minimum atomic E-state index is -1.42. The van der Waals surface area contributed by atoms with Gasteiger partial charge in [0.1, 0.15) is 17.7 Å². The zero-order valence-corrected chi connectivity index (χ0v) is 20.8. The van der Waals surface area contributed by atoms with Crippen molar-refractivity contribution < 1.29 is 42.1 Å². The lowest BCUT2D eigenvalue weighted by Crippen LogP contribution is -3.00. The number of hydrogen-bond donors (Lipinski definition) is 6. The maximum absolute atomic E-state index is 12.2. The number of aliphatic hydroxyl groups is 2. The molecule has 1 aromatic carbocycles. The molecule has 200 valence electrons. The van der Waals surface area contributed by atoms with Crippen LogP contribution in [0.2, 0.25) is 0 Å². The Morgan fingerprint density at radius 1 is 1.11 bits per heavy atom. The van der Waals surface area contributed by atoms with Crippen molar-refractivity contribution in [1.82, 2.24) is 24.8 Å². The van der Waals surface area contributed by atoms with E-state index in [1.807, 2.05) is 24.3 Å². The Bertz CT molecular complexity index is 1240. The molecular formula is C23H29ClN7O6-. The lowest BCUT2D eigenvalue weighted by molar-refractivity contribution is -0.138. The zero-order valence-electron chi connectivity index (χ0n) is 20.0. The number of fused-ring (bicyclic) bond motifs is 1. The van der Waals surface area contributed by atoms with Crippen molar-refractivity contribution >= 4 is 34.8 Å². The van der Waals surface area contributed by atoms with E-state index in [2.05, 4.69) is 25.6 Å². The molecular weight excluding hydrogens is 506 g/mol. The second-order valence-electron chi connectivity index (χ2n) is 8.47. The summed E-state index contributed by atoms with van der Waals surface area (Å²) in [6, 6.07) is 7.71. The van der Waals surface area contributed by atoms with Crippen LogP contribution in [0.15, 0.2) is 30.6 Å². The number of carbonyl (C=O) groups is 2. The highest BCUT2D eigenvalue weighted by Crippen LogP contribution is 2.32. The number of ether oxygens (including phenoxy) is 1. The van der Waals surface area contributed by atoms with Crippen LogP contribution < -0.4 is 28.8 Å². The van der Waals surface area contributed by atoms with Gasteiger partial charge in [0.15, 0.2) is 23.8 Å². The summed E-state index contributed by atoms with van der Waals surface area (Å²) in [7, 11) is 0. The maximum atomic E-state index is 12.2. The summed E-state index contributed by atoms with van der Waals surface area (Å²) < 4.78 is 7.09. The number of halogens is 1. The molecule has 4 rings (SSSR count). The smallest absolute Gasteiger partial charge is 0.303 e. The minimum Gasteiger partial charge on any atom is -1.00 e. The van der Waals surface area contributed by atoms with Gasteiger partial charge in [0.2, 0.25) is 5.95 Å². The van der Waals surface area contributed by atoms with Gasteiger partial charge < -0.3 is 48.8 Å². The third-order valence-electron chi connectivity index (χ3n) is 5.92. The summed E-state index contributed by atoms with van der Waals surface area (Å²) >= 11 is 0. The molecule has 4 atom stereocenters. The average Bonchev–Trinajstić information content (AvgIpc) is 3.40. The fraction of sp³-hybridized carbons (Fsp3) is 0.435. The lowest BCUT2D eigenvalue weighted by atomic mass is 10.1. The van der Waals surface area contributed by atoms with Crippen LogP contribution >= 0.6 is 0 Å². The number of nitrogen functional groups attached to an aromatic ring is 1. The number of aromatic nitrogens is 4. The summed E-state index contributed by atoms with van der Waals surface area (Å²) in [4.78, 5) is 35.8. The Hall–Kier alpha value is -3.52. The summed E-state index contributed by atoms with van der Waals surface area (Å²) in [5, 5.41) is 35.4. The number of aliphatic hydroxyl groups excluding tert-OH is 2. The van der Waals surface area contributed by atoms with Gasteiger partial charge >= 0.3 is 5.97 Å². The van der Waals surface area contributed by atoms with E-state index in [0.29, 0.717) is 31.4 Å². The van der Waals surface area contributed by atoms with Gasteiger partial charge in [-0.15, -0.1) is 0 Å². The Labute approximate surface area is 218 Å². The first-order valence-corrected chi connectivity index (χ1v) is 11.6. The van der Waals surface area contributed by atoms with Gasteiger partial charge in [0, 0.05) is 19.5 Å². The van der Waals surface area contributed by atoms with Gasteiger partial charge in [-0.25, -0.2) is 4.98 Å². The van der Waals surface area contributed by atoms with Crippen LogP contribution in [-0.4, -0.2) is 78.1 Å². The van der Waals surface area contributed by atoms with Crippen molar-refractivity contribution in [2.45, 2.75) is 50.7 Å². The van der Waals surface area contributed by atoms with E-state index in [0.717, 1.165) is 11.1 Å². The van der Waals surface area contributed by atoms with Crippen LogP contribution in [0.5, 0.6) is 0 Å². The number of amides is 1. The largest absolute Gasteiger partial charge is 1.00 e. The number of rotatable bonds is 10. The normalized spacial score (nSPS) is 20.9. The highest BCUT2D eigenvalue weighted by molar-refractivity contribution is 5.83. The van der Waals surface area contributed by atoms with Crippen LogP contribution in [0.4, 0.5) is 11.8 Å². The van der Waals surface area contributed by atoms with Crippen LogP contribution in [0.3, 0.4) is 0 Å². The quantitative estimate of drug-likeness (QED) is 0.153. The van der Waals surface area contributed by atoms with E-state index in [1.54, 1.807) is 6.92 Å². The number of imidazole rings is 1. The molecule has 0 saturated carbocycles. The van der Waals surface area contributed by atoms with E-state index < -0.39 is 36.4 Å². The Morgan fingerprint density at radius 3 is 2.43 bits per heavy atom. The Kier molecular flexibility index (Phi) is 9.21. The highest BCUT2D eigenvalue weighted by Gasteiger charge is 2.47. The molecule has 1 aliphatic rings. The first-order chi connectivity index (χ1) is 17.3. The van der Waals surface area contributed by atoms with Gasteiger partial charge in [-0.3, -0.25) is 14.2 Å². The van der Waals surface area contributed by atoms with E-state index in [1.165, 1.54) is 10.9 Å². The number of aryl methyl sites for hydroxylation is 1. The van der Waals surface area contributed by atoms with Gasteiger partial charge in [-0.05, 0) is 30.9 Å². The third-order valence-corrected chi connectivity index (χ3v) is 5.92. The highest BCUT2D eigenvalue weighted by atomic mass is 35.5. The van der Waals surface area contributed by atoms with Gasteiger partial charge in [-0.1, -0.05) is 24.3 Å². The van der Waals surface area contributed by atoms with E-state index >= 15 is 0 Å². The number of likely N-dealkylation sites (N-methyl/N-ethyl adjacent to an activating group) is 1. The summed E-state index contributed by atoms with van der Waals surface area (Å²) in [5.74, 6) is -0.985. The molecule has 1 aliphatic heterocycles. The summed E-state index contributed by atoms with van der Waals surface area (Å²) in [6.07, 6.45) is -2.56. The molecule has 7 N–H and O–H groups in total. The first kappa shape index (κ1) is 28.1. The molecule has 3 aromatic rings. The fourth-order valence-electron chi connectivity index (χ4n) is 4.03. The number of hydrogen-bond acceptors (Lipinski definition) is 10. The Morgan fingerprint density at radius 2 is 1.78 bits per heavy atom. The monoisotopic (exact) mass is 534 g/mol. The molecule has 1 unspecified atom stereocenters. The second kappa shape index (κ2) is 12.1. The predicted molar refractivity (Wildman–Crippen MR) is 129 cm³/mol. The molecule has 2 aromatic heterocycles. The molecule has 0 bridgehead atoms. The van der Waals surface area contributed by atoms with Crippen molar-refractivity contribution in [3.8, 4) is 0 Å². The summed E-state index contributed by atoms with van der Waals surface area (Å²) in [5.41, 5.74) is 8.65. The number of aliphatic carboxylic acids is 1. The van der Waals surface area contributed by atoms with Crippen LogP contribution in [0, 0.1) is 0 Å². The van der Waals surface area contributed by atoms with Gasteiger partial charge in [0.05, 0.1) is 6.33 Å². The fourth-order valence-corrected chi connectivity index (χ4v) is 4.03. The van der Waals surface area contributed by atoms with E-state index in [9.17, 15) is 19.8 Å². The van der Waals surface area contributed by atoms with Crippen molar-refractivity contribution in [3.05, 3.63) is 41.7 Å². The van der Waals surface area contributed by atoms with Crippen LogP contribution in [0.1, 0.15) is 30.7 Å². The maximum Gasteiger partial charge on any atom is 0.303 e. The number of carboxylic acid groups (broad SMARTS) is 1. The number of nitrogens with one attached hydrogen (secondary N) is 2. The zero-order chi connectivity index (χ0) is 25.8. The topological polar surface area (TPSA) is 198 Å². The molecule has 0 spiro atoms.